The lowest BCUT2D eigenvalue weighted by Crippen LogP contribution is -2.34. The highest BCUT2D eigenvalue weighted by Gasteiger charge is 2.14. The first kappa shape index (κ1) is 23.4. The number of nitrogens with one attached hydrogen (secondary N) is 3. The summed E-state index contributed by atoms with van der Waals surface area (Å²) in [4.78, 5) is 36.4. The molecule has 0 saturated heterocycles. The number of rotatable bonds is 9. The zero-order chi connectivity index (χ0) is 23.8. The van der Waals surface area contributed by atoms with E-state index in [0.29, 0.717) is 28.4 Å². The molecule has 0 saturated carbocycles. The van der Waals surface area contributed by atoms with E-state index in [1.807, 2.05) is 13.8 Å². The second-order valence-electron chi connectivity index (χ2n) is 7.34. The highest BCUT2D eigenvalue weighted by atomic mass is 16.5. The number of ether oxygens (including phenoxy) is 2. The van der Waals surface area contributed by atoms with Crippen molar-refractivity contribution < 1.29 is 28.3 Å². The van der Waals surface area contributed by atoms with Crippen LogP contribution in [-0.4, -0.2) is 37.5 Å². The molecule has 0 aliphatic carbocycles. The number of benzene rings is 2. The third-order valence-corrected chi connectivity index (χ3v) is 4.38. The number of anilines is 2. The molecular weight excluding hydrogens is 426 g/mol. The van der Waals surface area contributed by atoms with Crippen LogP contribution in [0, 0.1) is 0 Å². The smallest absolute Gasteiger partial charge is 0.291 e. The molecule has 9 heteroatoms. The molecule has 0 unspecified atom stereocenters. The predicted octanol–water partition coefficient (Wildman–Crippen LogP) is 3.70. The molecule has 172 valence electrons. The van der Waals surface area contributed by atoms with Crippen molar-refractivity contribution in [1.29, 1.82) is 0 Å². The van der Waals surface area contributed by atoms with E-state index in [2.05, 4.69) is 16.0 Å². The highest BCUT2D eigenvalue weighted by molar-refractivity contribution is 6.05. The Morgan fingerprint density at radius 3 is 2.15 bits per heavy atom. The Balaban J connectivity index is 1.60. The molecule has 3 amide bonds. The van der Waals surface area contributed by atoms with Crippen molar-refractivity contribution in [1.82, 2.24) is 5.32 Å². The van der Waals surface area contributed by atoms with Gasteiger partial charge in [0.15, 0.2) is 23.9 Å². The minimum Gasteiger partial charge on any atom is -0.493 e. The summed E-state index contributed by atoms with van der Waals surface area (Å²) in [5.74, 6) is -0.0924. The number of carbonyl (C=O) groups is 3. The fraction of sp³-hybridized carbons (Fsp3) is 0.208. The monoisotopic (exact) mass is 451 g/mol. The van der Waals surface area contributed by atoms with Crippen molar-refractivity contribution >= 4 is 29.1 Å². The summed E-state index contributed by atoms with van der Waals surface area (Å²) in [6, 6.07) is 14.5. The van der Waals surface area contributed by atoms with E-state index in [1.165, 1.54) is 19.4 Å². The van der Waals surface area contributed by atoms with Crippen LogP contribution >= 0.6 is 0 Å². The van der Waals surface area contributed by atoms with Crippen molar-refractivity contribution in [3.05, 3.63) is 72.2 Å². The van der Waals surface area contributed by atoms with Crippen LogP contribution in [0.15, 0.2) is 65.3 Å². The van der Waals surface area contributed by atoms with Crippen molar-refractivity contribution in [2.45, 2.75) is 19.9 Å². The molecule has 9 nitrogen and oxygen atoms in total. The van der Waals surface area contributed by atoms with Crippen LogP contribution in [0.25, 0.3) is 0 Å². The number of hydrogen-bond acceptors (Lipinski definition) is 6. The summed E-state index contributed by atoms with van der Waals surface area (Å²) in [5, 5.41) is 8.21. The maximum absolute atomic E-state index is 12.6. The molecule has 0 aliphatic heterocycles. The van der Waals surface area contributed by atoms with Gasteiger partial charge in [-0.2, -0.15) is 0 Å². The standard InChI is InChI=1S/C24H25N3O6/c1-15(2)25-22(28)14-33-19-11-6-16(13-21(19)31-3)23(29)26-17-7-9-18(10-8-17)27-24(30)20-5-4-12-32-20/h4-13,15H,14H2,1-3H3,(H,25,28)(H,26,29)(H,27,30). The fourth-order valence-corrected chi connectivity index (χ4v) is 2.88. The lowest BCUT2D eigenvalue weighted by atomic mass is 10.1. The molecule has 3 N–H and O–H groups in total. The first-order chi connectivity index (χ1) is 15.9. The van der Waals surface area contributed by atoms with Crippen molar-refractivity contribution in [3.63, 3.8) is 0 Å². The summed E-state index contributed by atoms with van der Waals surface area (Å²) >= 11 is 0. The van der Waals surface area contributed by atoms with Gasteiger partial charge in [0, 0.05) is 23.0 Å². The number of methoxy groups -OCH3 is 1. The molecule has 0 spiro atoms. The fourth-order valence-electron chi connectivity index (χ4n) is 2.88. The molecule has 3 rings (SSSR count). The van der Waals surface area contributed by atoms with Gasteiger partial charge in [-0.05, 0) is 68.4 Å². The average Bonchev–Trinajstić information content (AvgIpc) is 3.33. The summed E-state index contributed by atoms with van der Waals surface area (Å²) in [6.45, 7) is 3.55. The Labute approximate surface area is 191 Å². The van der Waals surface area contributed by atoms with Crippen LogP contribution in [0.4, 0.5) is 11.4 Å². The third kappa shape index (κ3) is 6.60. The topological polar surface area (TPSA) is 119 Å². The van der Waals surface area contributed by atoms with E-state index >= 15 is 0 Å². The van der Waals surface area contributed by atoms with E-state index in [-0.39, 0.29) is 36.1 Å². The molecule has 0 radical (unpaired) electrons. The zero-order valence-electron chi connectivity index (χ0n) is 18.5. The Morgan fingerprint density at radius 2 is 1.58 bits per heavy atom. The number of amides is 3. The lowest BCUT2D eigenvalue weighted by Gasteiger charge is -2.13. The molecule has 1 aromatic heterocycles. The van der Waals surface area contributed by atoms with E-state index < -0.39 is 0 Å². The number of carbonyl (C=O) groups excluding carboxylic acids is 3. The molecule has 0 fully saturated rings. The number of hydrogen-bond donors (Lipinski definition) is 3. The van der Waals surface area contributed by atoms with Crippen LogP contribution < -0.4 is 25.4 Å². The molecule has 0 bridgehead atoms. The first-order valence-electron chi connectivity index (χ1n) is 10.2. The summed E-state index contributed by atoms with van der Waals surface area (Å²) in [5.41, 5.74) is 1.45. The zero-order valence-corrected chi connectivity index (χ0v) is 18.5. The maximum Gasteiger partial charge on any atom is 0.291 e. The van der Waals surface area contributed by atoms with E-state index in [1.54, 1.807) is 48.5 Å². The Bertz CT molecular complexity index is 1110. The third-order valence-electron chi connectivity index (χ3n) is 4.38. The quantitative estimate of drug-likeness (QED) is 0.457. The molecular formula is C24H25N3O6. The summed E-state index contributed by atoms with van der Waals surface area (Å²) < 4.78 is 15.9. The van der Waals surface area contributed by atoms with Gasteiger partial charge in [-0.25, -0.2) is 0 Å². The summed E-state index contributed by atoms with van der Waals surface area (Å²) in [7, 11) is 1.45. The van der Waals surface area contributed by atoms with Gasteiger partial charge in [-0.3, -0.25) is 14.4 Å². The minimum absolute atomic E-state index is 0.00964. The van der Waals surface area contributed by atoms with Gasteiger partial charge in [0.25, 0.3) is 17.7 Å². The van der Waals surface area contributed by atoms with Crippen LogP contribution in [0.2, 0.25) is 0 Å². The van der Waals surface area contributed by atoms with Gasteiger partial charge in [-0.15, -0.1) is 0 Å². The minimum atomic E-state index is -0.368. The van der Waals surface area contributed by atoms with E-state index in [0.717, 1.165) is 0 Å². The van der Waals surface area contributed by atoms with Gasteiger partial charge in [0.1, 0.15) is 0 Å². The van der Waals surface area contributed by atoms with Gasteiger partial charge in [-0.1, -0.05) is 0 Å². The number of furan rings is 1. The van der Waals surface area contributed by atoms with Gasteiger partial charge in [0.05, 0.1) is 13.4 Å². The molecule has 3 aromatic rings. The lowest BCUT2D eigenvalue weighted by molar-refractivity contribution is -0.123. The van der Waals surface area contributed by atoms with Crippen molar-refractivity contribution in [3.8, 4) is 11.5 Å². The predicted molar refractivity (Wildman–Crippen MR) is 123 cm³/mol. The summed E-state index contributed by atoms with van der Waals surface area (Å²) in [6.07, 6.45) is 1.42. The Hall–Kier alpha value is -4.27. The second-order valence-corrected chi connectivity index (χ2v) is 7.34. The van der Waals surface area contributed by atoms with Gasteiger partial charge < -0.3 is 29.8 Å². The van der Waals surface area contributed by atoms with E-state index in [9.17, 15) is 14.4 Å². The highest BCUT2D eigenvalue weighted by Crippen LogP contribution is 2.28. The SMILES string of the molecule is COc1cc(C(=O)Nc2ccc(NC(=O)c3ccco3)cc2)ccc1OCC(=O)NC(C)C. The van der Waals surface area contributed by atoms with Crippen LogP contribution in [0.3, 0.4) is 0 Å². The molecule has 0 aliphatic rings. The van der Waals surface area contributed by atoms with Gasteiger partial charge >= 0.3 is 0 Å². The molecule has 1 heterocycles. The molecule has 33 heavy (non-hydrogen) atoms. The normalized spacial score (nSPS) is 10.4. The Morgan fingerprint density at radius 1 is 0.909 bits per heavy atom. The average molecular weight is 451 g/mol. The first-order valence-corrected chi connectivity index (χ1v) is 10.2. The van der Waals surface area contributed by atoms with Crippen molar-refractivity contribution in [2.24, 2.45) is 0 Å². The largest absolute Gasteiger partial charge is 0.493 e. The van der Waals surface area contributed by atoms with E-state index in [4.69, 9.17) is 13.9 Å². The second kappa shape index (κ2) is 10.9. The van der Waals surface area contributed by atoms with Crippen LogP contribution in [0.5, 0.6) is 11.5 Å². The molecule has 2 aromatic carbocycles. The maximum atomic E-state index is 12.6. The molecule has 0 atom stereocenters. The van der Waals surface area contributed by atoms with Crippen LogP contribution in [-0.2, 0) is 4.79 Å². The Kier molecular flexibility index (Phi) is 7.69. The van der Waals surface area contributed by atoms with Crippen molar-refractivity contribution in [2.75, 3.05) is 24.4 Å². The van der Waals surface area contributed by atoms with Crippen LogP contribution in [0.1, 0.15) is 34.8 Å². The van der Waals surface area contributed by atoms with Gasteiger partial charge in [0.2, 0.25) is 0 Å².